The fourth-order valence-electron chi connectivity index (χ4n) is 4.81. The number of aromatic nitrogens is 2. The van der Waals surface area contributed by atoms with E-state index >= 15 is 0 Å². The number of carbonyl (C=O) groups excluding carboxylic acids is 2. The molecule has 0 spiro atoms. The minimum absolute atomic E-state index is 0.0270. The van der Waals surface area contributed by atoms with Crippen molar-refractivity contribution in [2.75, 3.05) is 19.7 Å². The van der Waals surface area contributed by atoms with Crippen molar-refractivity contribution < 1.29 is 14.3 Å². The van der Waals surface area contributed by atoms with Crippen molar-refractivity contribution in [1.29, 1.82) is 0 Å². The summed E-state index contributed by atoms with van der Waals surface area (Å²) in [5.41, 5.74) is 0. The van der Waals surface area contributed by atoms with Crippen molar-refractivity contribution >= 4 is 11.8 Å². The first-order valence-corrected chi connectivity index (χ1v) is 10.9. The Morgan fingerprint density at radius 3 is 2.53 bits per heavy atom. The van der Waals surface area contributed by atoms with E-state index in [1.807, 2.05) is 54.4 Å². The van der Waals surface area contributed by atoms with Crippen LogP contribution in [0.1, 0.15) is 38.6 Å². The number of fused-ring (bicyclic) bond motifs is 2. The summed E-state index contributed by atoms with van der Waals surface area (Å²) in [5.74, 6) is 1.59. The Morgan fingerprint density at radius 2 is 1.90 bits per heavy atom. The number of benzene rings is 1. The van der Waals surface area contributed by atoms with Crippen molar-refractivity contribution in [2.45, 2.75) is 44.7 Å². The van der Waals surface area contributed by atoms with Gasteiger partial charge in [0, 0.05) is 31.5 Å². The molecule has 2 unspecified atom stereocenters. The topological polar surface area (TPSA) is 76.5 Å². The zero-order valence-corrected chi connectivity index (χ0v) is 17.4. The SMILES string of the molecule is CCC(C(=O)NC1[C@@H]2CC[C@H]1CN(C(=O)CCOc1ccccc1)C2)n1cccn1. The predicted octanol–water partition coefficient (Wildman–Crippen LogP) is 2.66. The molecular formula is C23H30N4O3. The standard InChI is InChI=1S/C23H30N4O3/c1-2-20(27-13-6-12-24-27)23(29)25-22-17-9-10-18(22)16-26(15-17)21(28)11-14-30-19-7-4-3-5-8-19/h3-8,12-13,17-18,20,22H,2,9-11,14-16H2,1H3,(H,25,29)/t17-,18+,20?,22?. The van der Waals surface area contributed by atoms with Crippen LogP contribution in [0.25, 0.3) is 0 Å². The smallest absolute Gasteiger partial charge is 0.245 e. The molecule has 2 heterocycles. The van der Waals surface area contributed by atoms with Crippen molar-refractivity contribution in [3.63, 3.8) is 0 Å². The highest BCUT2D eigenvalue weighted by Gasteiger charge is 2.44. The first kappa shape index (κ1) is 20.4. The fraction of sp³-hybridized carbons (Fsp3) is 0.522. The van der Waals surface area contributed by atoms with E-state index in [0.717, 1.165) is 18.6 Å². The summed E-state index contributed by atoms with van der Waals surface area (Å²) in [6.07, 6.45) is 6.72. The fourth-order valence-corrected chi connectivity index (χ4v) is 4.81. The molecule has 1 aliphatic heterocycles. The van der Waals surface area contributed by atoms with Crippen LogP contribution < -0.4 is 10.1 Å². The molecule has 7 nitrogen and oxygen atoms in total. The third-order valence-corrected chi connectivity index (χ3v) is 6.36. The maximum absolute atomic E-state index is 12.9. The van der Waals surface area contributed by atoms with Crippen LogP contribution in [0.3, 0.4) is 0 Å². The number of carbonyl (C=O) groups is 2. The molecule has 2 aliphatic rings. The number of piperidine rings is 1. The van der Waals surface area contributed by atoms with Gasteiger partial charge in [0.2, 0.25) is 11.8 Å². The molecule has 2 bridgehead atoms. The molecule has 1 aromatic heterocycles. The number of nitrogens with zero attached hydrogens (tertiary/aromatic N) is 3. The summed E-state index contributed by atoms with van der Waals surface area (Å²) in [5, 5.41) is 7.51. The quantitative estimate of drug-likeness (QED) is 0.726. The second-order valence-electron chi connectivity index (χ2n) is 8.25. The number of rotatable bonds is 8. The number of nitrogens with one attached hydrogen (secondary N) is 1. The molecule has 2 fully saturated rings. The van der Waals surface area contributed by atoms with Gasteiger partial charge >= 0.3 is 0 Å². The molecule has 1 aliphatic carbocycles. The van der Waals surface area contributed by atoms with Crippen LogP contribution in [0.4, 0.5) is 0 Å². The number of likely N-dealkylation sites (tertiary alicyclic amines) is 1. The van der Waals surface area contributed by atoms with Crippen molar-refractivity contribution in [3.05, 3.63) is 48.8 Å². The zero-order valence-electron chi connectivity index (χ0n) is 17.4. The lowest BCUT2D eigenvalue weighted by atomic mass is 9.91. The zero-order chi connectivity index (χ0) is 20.9. The molecule has 7 heteroatoms. The van der Waals surface area contributed by atoms with E-state index in [9.17, 15) is 9.59 Å². The van der Waals surface area contributed by atoms with Crippen molar-refractivity contribution in [1.82, 2.24) is 20.0 Å². The Morgan fingerprint density at radius 1 is 1.17 bits per heavy atom. The molecule has 4 rings (SSSR count). The lowest BCUT2D eigenvalue weighted by Gasteiger charge is -2.39. The van der Waals surface area contributed by atoms with Crippen molar-refractivity contribution in [3.8, 4) is 5.75 Å². The van der Waals surface area contributed by atoms with Crippen LogP contribution in [-0.4, -0.2) is 52.2 Å². The van der Waals surface area contributed by atoms with Crippen LogP contribution in [-0.2, 0) is 9.59 Å². The maximum atomic E-state index is 12.9. The largest absolute Gasteiger partial charge is 0.493 e. The predicted molar refractivity (Wildman–Crippen MR) is 113 cm³/mol. The molecule has 1 N–H and O–H groups in total. The van der Waals surface area contributed by atoms with E-state index in [1.165, 1.54) is 0 Å². The number of amides is 2. The second kappa shape index (κ2) is 9.32. The lowest BCUT2D eigenvalue weighted by Crippen LogP contribution is -2.55. The number of para-hydroxylation sites is 1. The van der Waals surface area contributed by atoms with E-state index in [-0.39, 0.29) is 23.9 Å². The molecule has 1 saturated heterocycles. The summed E-state index contributed by atoms with van der Waals surface area (Å²) in [4.78, 5) is 27.5. The average Bonchev–Trinajstić information content (AvgIpc) is 3.35. The lowest BCUT2D eigenvalue weighted by molar-refractivity contribution is -0.134. The molecule has 2 amide bonds. The van der Waals surface area contributed by atoms with E-state index in [1.54, 1.807) is 10.9 Å². The first-order chi connectivity index (χ1) is 14.7. The van der Waals surface area contributed by atoms with Gasteiger partial charge in [-0.3, -0.25) is 14.3 Å². The van der Waals surface area contributed by atoms with Crippen LogP contribution >= 0.6 is 0 Å². The van der Waals surface area contributed by atoms with E-state index in [0.29, 0.717) is 44.4 Å². The number of hydrogen-bond donors (Lipinski definition) is 1. The van der Waals surface area contributed by atoms with Crippen molar-refractivity contribution in [2.24, 2.45) is 11.8 Å². The summed E-state index contributed by atoms with van der Waals surface area (Å²) in [6.45, 7) is 3.81. The monoisotopic (exact) mass is 410 g/mol. The summed E-state index contributed by atoms with van der Waals surface area (Å²) in [7, 11) is 0. The normalized spacial score (nSPS) is 23.8. The molecule has 4 atom stereocenters. The van der Waals surface area contributed by atoms with Gasteiger partial charge in [-0.15, -0.1) is 0 Å². The minimum Gasteiger partial charge on any atom is -0.493 e. The third kappa shape index (κ3) is 4.50. The molecule has 1 aromatic carbocycles. The van der Waals surface area contributed by atoms with E-state index in [4.69, 9.17) is 4.74 Å². The number of ether oxygens (including phenoxy) is 1. The van der Waals surface area contributed by atoms with Gasteiger partial charge in [0.1, 0.15) is 11.8 Å². The highest BCUT2D eigenvalue weighted by molar-refractivity contribution is 5.80. The molecule has 2 aromatic rings. The highest BCUT2D eigenvalue weighted by atomic mass is 16.5. The van der Waals surface area contributed by atoms with Gasteiger partial charge in [-0.2, -0.15) is 5.10 Å². The summed E-state index contributed by atoms with van der Waals surface area (Å²) >= 11 is 0. The summed E-state index contributed by atoms with van der Waals surface area (Å²) in [6, 6.07) is 11.3. The van der Waals surface area contributed by atoms with E-state index < -0.39 is 0 Å². The Labute approximate surface area is 177 Å². The van der Waals surface area contributed by atoms with Gasteiger partial charge in [0.15, 0.2) is 0 Å². The second-order valence-corrected chi connectivity index (χ2v) is 8.25. The third-order valence-electron chi connectivity index (χ3n) is 6.36. The van der Waals surface area contributed by atoms with Gasteiger partial charge in [0.25, 0.3) is 0 Å². The molecule has 1 saturated carbocycles. The Bertz CT molecular complexity index is 825. The Balaban J connectivity index is 1.28. The van der Waals surface area contributed by atoms with Gasteiger partial charge in [0.05, 0.1) is 13.0 Å². The van der Waals surface area contributed by atoms with Crippen LogP contribution in [0, 0.1) is 11.8 Å². The van der Waals surface area contributed by atoms with Gasteiger partial charge in [-0.1, -0.05) is 25.1 Å². The minimum atomic E-state index is -0.283. The van der Waals surface area contributed by atoms with Crippen LogP contribution in [0.5, 0.6) is 5.75 Å². The number of hydrogen-bond acceptors (Lipinski definition) is 4. The Kier molecular flexibility index (Phi) is 6.35. The van der Waals surface area contributed by atoms with Crippen LogP contribution in [0.15, 0.2) is 48.8 Å². The first-order valence-electron chi connectivity index (χ1n) is 10.9. The van der Waals surface area contributed by atoms with Gasteiger partial charge < -0.3 is 15.0 Å². The van der Waals surface area contributed by atoms with Gasteiger partial charge in [-0.05, 0) is 49.3 Å². The molecular weight excluding hydrogens is 380 g/mol. The molecule has 30 heavy (non-hydrogen) atoms. The van der Waals surface area contributed by atoms with Crippen LogP contribution in [0.2, 0.25) is 0 Å². The summed E-state index contributed by atoms with van der Waals surface area (Å²) < 4.78 is 7.40. The average molecular weight is 411 g/mol. The Hall–Kier alpha value is -2.83. The van der Waals surface area contributed by atoms with E-state index in [2.05, 4.69) is 10.4 Å². The molecule has 160 valence electrons. The van der Waals surface area contributed by atoms with Gasteiger partial charge in [-0.25, -0.2) is 0 Å². The highest BCUT2D eigenvalue weighted by Crippen LogP contribution is 2.37. The maximum Gasteiger partial charge on any atom is 0.245 e. The molecule has 0 radical (unpaired) electrons.